The van der Waals surface area contributed by atoms with Crippen molar-refractivity contribution in [3.63, 3.8) is 0 Å². The minimum Gasteiger partial charge on any atom is -0.467 e. The van der Waals surface area contributed by atoms with E-state index < -0.39 is 6.04 Å². The number of nitrogens with zero attached hydrogens (tertiary/aromatic N) is 1. The second kappa shape index (κ2) is 11.2. The van der Waals surface area contributed by atoms with Crippen LogP contribution in [0.15, 0.2) is 88.9 Å². The maximum absolute atomic E-state index is 13.8. The highest BCUT2D eigenvalue weighted by molar-refractivity contribution is 7.10. The Bertz CT molecular complexity index is 1230. The van der Waals surface area contributed by atoms with Gasteiger partial charge in [0, 0.05) is 10.6 Å². The van der Waals surface area contributed by atoms with E-state index in [-0.39, 0.29) is 24.8 Å². The monoisotopic (exact) mass is 486 g/mol. The predicted octanol–water partition coefficient (Wildman–Crippen LogP) is 6.72. The zero-order valence-corrected chi connectivity index (χ0v) is 21.0. The van der Waals surface area contributed by atoms with Crippen molar-refractivity contribution in [1.29, 1.82) is 0 Å². The van der Waals surface area contributed by atoms with Crippen molar-refractivity contribution < 1.29 is 14.0 Å². The molecule has 1 unspecified atom stereocenters. The summed E-state index contributed by atoms with van der Waals surface area (Å²) in [6.07, 6.45) is 1.80. The van der Waals surface area contributed by atoms with Crippen molar-refractivity contribution >= 4 is 28.8 Å². The van der Waals surface area contributed by atoms with Gasteiger partial charge in [-0.15, -0.1) is 11.3 Å². The number of rotatable bonds is 9. The van der Waals surface area contributed by atoms with Gasteiger partial charge in [-0.1, -0.05) is 61.9 Å². The zero-order valence-electron chi connectivity index (χ0n) is 20.2. The largest absolute Gasteiger partial charge is 0.467 e. The van der Waals surface area contributed by atoms with Gasteiger partial charge in [-0.3, -0.25) is 9.59 Å². The van der Waals surface area contributed by atoms with E-state index in [2.05, 4.69) is 19.2 Å². The summed E-state index contributed by atoms with van der Waals surface area (Å²) in [5.41, 5.74) is 3.72. The lowest BCUT2D eigenvalue weighted by Crippen LogP contribution is -2.41. The Hall–Kier alpha value is -3.64. The number of carbonyl (C=O) groups excluding carboxylic acids is 2. The molecular formula is C29H30N2O3S. The Kier molecular flexibility index (Phi) is 7.83. The van der Waals surface area contributed by atoms with Crippen LogP contribution in [-0.4, -0.2) is 16.7 Å². The van der Waals surface area contributed by atoms with Crippen molar-refractivity contribution in [2.45, 2.75) is 45.7 Å². The van der Waals surface area contributed by atoms with Crippen LogP contribution in [0.4, 0.5) is 5.69 Å². The van der Waals surface area contributed by atoms with Gasteiger partial charge in [-0.2, -0.15) is 0 Å². The topological polar surface area (TPSA) is 62.6 Å². The third-order valence-corrected chi connectivity index (χ3v) is 6.81. The molecule has 2 aromatic heterocycles. The SMILES string of the molecule is Cc1ccc(C(C(=O)Nc2ccc(C(C)C)cc2)N(Cc2ccco2)C(=O)Cc2cccs2)cc1. The fraction of sp³-hybridized carbons (Fsp3) is 0.241. The predicted molar refractivity (Wildman–Crippen MR) is 140 cm³/mol. The summed E-state index contributed by atoms with van der Waals surface area (Å²) in [5, 5.41) is 4.98. The molecule has 0 spiro atoms. The number of hydrogen-bond acceptors (Lipinski definition) is 4. The lowest BCUT2D eigenvalue weighted by molar-refractivity contribution is -0.139. The molecule has 2 heterocycles. The van der Waals surface area contributed by atoms with E-state index in [1.807, 2.05) is 79.0 Å². The van der Waals surface area contributed by atoms with Gasteiger partial charge in [0.1, 0.15) is 11.8 Å². The normalized spacial score (nSPS) is 11.9. The Morgan fingerprint density at radius 3 is 2.26 bits per heavy atom. The van der Waals surface area contributed by atoms with Crippen LogP contribution in [0.3, 0.4) is 0 Å². The minimum absolute atomic E-state index is 0.139. The number of furan rings is 1. The molecule has 4 rings (SSSR count). The third-order valence-electron chi connectivity index (χ3n) is 5.93. The van der Waals surface area contributed by atoms with Crippen LogP contribution in [0, 0.1) is 6.92 Å². The molecule has 0 aliphatic rings. The number of aryl methyl sites for hydroxylation is 1. The summed E-state index contributed by atoms with van der Waals surface area (Å²) in [6.45, 7) is 6.45. The number of benzene rings is 2. The van der Waals surface area contributed by atoms with Gasteiger partial charge in [-0.05, 0) is 59.7 Å². The van der Waals surface area contributed by atoms with Crippen LogP contribution in [0.5, 0.6) is 0 Å². The van der Waals surface area contributed by atoms with Crippen LogP contribution < -0.4 is 5.32 Å². The number of amides is 2. The van der Waals surface area contributed by atoms with E-state index in [0.717, 1.165) is 16.0 Å². The smallest absolute Gasteiger partial charge is 0.251 e. The van der Waals surface area contributed by atoms with Gasteiger partial charge >= 0.3 is 0 Å². The first-order valence-corrected chi connectivity index (χ1v) is 12.6. The van der Waals surface area contributed by atoms with Gasteiger partial charge in [0.15, 0.2) is 0 Å². The van der Waals surface area contributed by atoms with E-state index >= 15 is 0 Å². The van der Waals surface area contributed by atoms with Crippen molar-refractivity contribution in [1.82, 2.24) is 4.90 Å². The Labute approximate surface area is 210 Å². The highest BCUT2D eigenvalue weighted by Gasteiger charge is 2.32. The van der Waals surface area contributed by atoms with Crippen molar-refractivity contribution in [3.8, 4) is 0 Å². The van der Waals surface area contributed by atoms with Crippen molar-refractivity contribution in [3.05, 3.63) is 112 Å². The first-order chi connectivity index (χ1) is 16.9. The van der Waals surface area contributed by atoms with Gasteiger partial charge in [0.05, 0.1) is 19.2 Å². The molecule has 2 aromatic carbocycles. The van der Waals surface area contributed by atoms with E-state index in [9.17, 15) is 9.59 Å². The molecule has 4 aromatic rings. The van der Waals surface area contributed by atoms with Crippen molar-refractivity contribution in [2.75, 3.05) is 5.32 Å². The first kappa shape index (κ1) is 24.5. The third kappa shape index (κ3) is 6.28. The first-order valence-electron chi connectivity index (χ1n) is 11.7. The van der Waals surface area contributed by atoms with E-state index in [1.165, 1.54) is 16.9 Å². The summed E-state index contributed by atoms with van der Waals surface area (Å²) in [7, 11) is 0. The van der Waals surface area contributed by atoms with E-state index in [1.54, 1.807) is 17.2 Å². The molecule has 5 nitrogen and oxygen atoms in total. The number of carbonyl (C=O) groups is 2. The van der Waals surface area contributed by atoms with Crippen LogP contribution in [0.1, 0.15) is 53.1 Å². The molecule has 0 fully saturated rings. The molecule has 0 saturated carbocycles. The van der Waals surface area contributed by atoms with Gasteiger partial charge in [0.25, 0.3) is 5.91 Å². The summed E-state index contributed by atoms with van der Waals surface area (Å²) in [6, 6.07) is 22.2. The number of nitrogens with one attached hydrogen (secondary N) is 1. The van der Waals surface area contributed by atoms with Crippen LogP contribution in [0.2, 0.25) is 0 Å². The average molecular weight is 487 g/mol. The van der Waals surface area contributed by atoms with Crippen LogP contribution in [0.25, 0.3) is 0 Å². The minimum atomic E-state index is -0.821. The summed E-state index contributed by atoms with van der Waals surface area (Å²) in [5.74, 6) is 0.617. The Balaban J connectivity index is 1.68. The maximum Gasteiger partial charge on any atom is 0.251 e. The molecule has 1 N–H and O–H groups in total. The fourth-order valence-electron chi connectivity index (χ4n) is 3.94. The zero-order chi connectivity index (χ0) is 24.8. The highest BCUT2D eigenvalue weighted by atomic mass is 32.1. The average Bonchev–Trinajstić information content (AvgIpc) is 3.54. The molecule has 0 aliphatic heterocycles. The lowest BCUT2D eigenvalue weighted by atomic mass is 10.0. The molecule has 2 amide bonds. The standard InChI is InChI=1S/C29H30N2O3S/c1-20(2)22-12-14-24(15-13-22)30-29(33)28(23-10-8-21(3)9-11-23)31(19-25-6-4-16-34-25)27(32)18-26-7-5-17-35-26/h4-17,20,28H,18-19H2,1-3H3,(H,30,33). The Morgan fingerprint density at radius 1 is 0.943 bits per heavy atom. The number of thiophene rings is 1. The second-order valence-corrected chi connectivity index (χ2v) is 9.97. The Morgan fingerprint density at radius 2 is 1.66 bits per heavy atom. The molecule has 0 saturated heterocycles. The summed E-state index contributed by atoms with van der Waals surface area (Å²) < 4.78 is 5.57. The van der Waals surface area contributed by atoms with E-state index in [0.29, 0.717) is 17.4 Å². The van der Waals surface area contributed by atoms with Crippen molar-refractivity contribution in [2.24, 2.45) is 0 Å². The molecule has 0 aliphatic carbocycles. The molecule has 6 heteroatoms. The van der Waals surface area contributed by atoms with Crippen LogP contribution >= 0.6 is 11.3 Å². The maximum atomic E-state index is 13.8. The van der Waals surface area contributed by atoms with Gasteiger partial charge < -0.3 is 14.6 Å². The molecule has 0 radical (unpaired) electrons. The molecule has 0 bridgehead atoms. The molecular weight excluding hydrogens is 456 g/mol. The summed E-state index contributed by atoms with van der Waals surface area (Å²) in [4.78, 5) is 29.9. The second-order valence-electron chi connectivity index (χ2n) is 8.94. The molecule has 35 heavy (non-hydrogen) atoms. The molecule has 1 atom stereocenters. The fourth-order valence-corrected chi connectivity index (χ4v) is 4.64. The van der Waals surface area contributed by atoms with Crippen LogP contribution in [-0.2, 0) is 22.6 Å². The van der Waals surface area contributed by atoms with E-state index in [4.69, 9.17) is 4.42 Å². The lowest BCUT2D eigenvalue weighted by Gasteiger charge is -2.31. The highest BCUT2D eigenvalue weighted by Crippen LogP contribution is 2.28. The number of hydrogen-bond donors (Lipinski definition) is 1. The molecule has 180 valence electrons. The van der Waals surface area contributed by atoms with Gasteiger partial charge in [0.2, 0.25) is 5.91 Å². The quantitative estimate of drug-likeness (QED) is 0.285. The summed E-state index contributed by atoms with van der Waals surface area (Å²) >= 11 is 1.53. The number of anilines is 1. The van der Waals surface area contributed by atoms with Gasteiger partial charge in [-0.25, -0.2) is 0 Å².